The first-order valence-electron chi connectivity index (χ1n) is 35.6. The number of pyridine rings is 2. The minimum atomic E-state index is -3.60. The molecule has 0 unspecified atom stereocenters. The maximum Gasteiger partial charge on any atom is 0.293 e. The van der Waals surface area contributed by atoms with Gasteiger partial charge in [-0.1, -0.05) is 47.2 Å². The van der Waals surface area contributed by atoms with Gasteiger partial charge in [0.25, 0.3) is 24.7 Å². The third-order valence-electron chi connectivity index (χ3n) is 20.2. The zero-order chi connectivity index (χ0) is 83.7. The van der Waals surface area contributed by atoms with Crippen LogP contribution in [0.1, 0.15) is 169 Å². The molecule has 0 bridgehead atoms. The first-order valence-corrected chi connectivity index (χ1v) is 40.5. The van der Waals surface area contributed by atoms with E-state index in [1.165, 1.54) is 68.4 Å². The first-order chi connectivity index (χ1) is 53.6. The average molecular weight is 1680 g/mol. The number of hydrogen-bond donors (Lipinski definition) is 3. The molecule has 10 aromatic rings. The van der Waals surface area contributed by atoms with E-state index >= 15 is 17.6 Å². The summed E-state index contributed by atoms with van der Waals surface area (Å²) in [5.74, 6) is -8.26. The van der Waals surface area contributed by atoms with E-state index in [1.807, 2.05) is 0 Å². The minimum Gasteiger partial charge on any atom is -0.494 e. The highest BCUT2D eigenvalue weighted by atomic mass is 35.5. The number of aryl methyl sites for hydroxylation is 2. The van der Waals surface area contributed by atoms with Gasteiger partial charge in [-0.15, -0.1) is 0 Å². The van der Waals surface area contributed by atoms with Crippen LogP contribution in [0.2, 0.25) is 10.0 Å². The van der Waals surface area contributed by atoms with E-state index in [2.05, 4.69) is 44.1 Å². The number of fused-ring (bicyclic) bond motifs is 8. The molecular weight excluding hydrogens is 1610 g/mol. The Morgan fingerprint density at radius 2 is 0.957 bits per heavy atom. The van der Waals surface area contributed by atoms with Crippen molar-refractivity contribution in [1.82, 2.24) is 49.1 Å². The van der Waals surface area contributed by atoms with Crippen LogP contribution in [-0.4, -0.2) is 119 Å². The standard InChI is InChI=1S/C40H36ClF6N5O5S.C39H35ClF6N6O4S/c1-39(2,54)9-8-29-31(57-4)16-25(24-6-7-28(41)33-30(18-58(5,55)56)49-51(3)36(24)33)34(48-29)20(10-19-11-21(42)14-22(43)12-19)13-23(53)17-52-37-32(35(50-52)38(44)45)26-15-27(26)40(37,46)47;1-38(2,54)8-7-29-28(47)15-24(23-5-6-27(40)32-30(17-57(4,55)56)49-51(3)35(23)32)33(48-29)19(9-18-10-20(41)13-21(42)11-18)12-22(53)16-52-36-31(34(50-52)37(43)44)25-14-26(25)39(36,45)46/h6-7,11-12,14,16,20,26-27,38,54H,10,13,15,17-18H2,1-5H3;5-6,10-11,13,15,19,25-26,37,54H,9,12,14,16-17,47H2,1-4H3/t20-,26+,27-;19-,25+,26-/m11/s1. The number of nitrogens with two attached hydrogens (primary N) is 1. The number of anilines is 1. The third-order valence-corrected chi connectivity index (χ3v) is 22.4. The van der Waals surface area contributed by atoms with Crippen LogP contribution in [0.25, 0.3) is 44.1 Å². The van der Waals surface area contributed by atoms with Crippen LogP contribution in [0.15, 0.2) is 72.8 Å². The van der Waals surface area contributed by atoms with E-state index in [9.17, 15) is 71.8 Å². The van der Waals surface area contributed by atoms with Crippen LogP contribution in [0, 0.1) is 58.8 Å². The SMILES string of the molecule is COc1cc(-c2ccc(Cl)c3c(CS(C)(=O)=O)nn(C)c23)c([C@@H](CC(=O)Cn2nc(C(F)F)c3c2C(F)(F)[C@@H]2C[C@H]32)Cc2cc(F)cc(F)c2)nc1C#CC(C)(C)O.Cn1nc(CS(C)(=O)=O)c2c(Cl)ccc(-c3cc(N)c(C#CC(C)(C)O)nc3[C@@H](CC(=O)Cn3nc(C(F)F)c4c3C(F)(F)[C@@H]3C[C@H]43)Cc3cc(F)cc(F)c3)c21. The molecule has 14 rings (SSSR count). The number of carbonyl (C=O) groups excluding carboxylic acids is 2. The van der Waals surface area contributed by atoms with Crippen LogP contribution in [0.4, 0.5) is 58.4 Å². The maximum absolute atomic E-state index is 15.5. The smallest absolute Gasteiger partial charge is 0.293 e. The second kappa shape index (κ2) is 30.3. The van der Waals surface area contributed by atoms with Gasteiger partial charge in [0.15, 0.2) is 42.7 Å². The molecule has 4 N–H and O–H groups in total. The second-order valence-corrected chi connectivity index (χ2v) is 35.7. The van der Waals surface area contributed by atoms with E-state index in [0.717, 1.165) is 36.8 Å². The zero-order valence-corrected chi connectivity index (χ0v) is 65.7. The minimum absolute atomic E-state index is 0.00966. The number of benzene rings is 4. The van der Waals surface area contributed by atoms with Gasteiger partial charge >= 0.3 is 0 Å². The highest BCUT2D eigenvalue weighted by Gasteiger charge is 2.68. The molecule has 115 heavy (non-hydrogen) atoms. The van der Waals surface area contributed by atoms with Crippen LogP contribution in [0.5, 0.6) is 5.75 Å². The first kappa shape index (κ1) is 83.1. The van der Waals surface area contributed by atoms with Gasteiger partial charge in [0.1, 0.15) is 76.0 Å². The number of rotatable bonds is 23. The Balaban J connectivity index is 0.000000200. The molecule has 20 nitrogen and oxygen atoms in total. The predicted molar refractivity (Wildman–Crippen MR) is 401 cm³/mol. The summed E-state index contributed by atoms with van der Waals surface area (Å²) in [6.45, 7) is 4.06. The zero-order valence-electron chi connectivity index (χ0n) is 62.5. The van der Waals surface area contributed by atoms with E-state index in [1.54, 1.807) is 26.2 Å². The topological polar surface area (TPSA) is 275 Å². The molecule has 0 spiro atoms. The molecule has 0 saturated heterocycles. The summed E-state index contributed by atoms with van der Waals surface area (Å²) in [6.07, 6.45) is -5.76. The molecular formula is C79H71Cl2F12N11O9S2. The predicted octanol–water partition coefficient (Wildman–Crippen LogP) is 14.7. The molecule has 4 aliphatic carbocycles. The molecule has 6 aromatic heterocycles. The number of nitrogen functional groups attached to an aromatic ring is 1. The van der Waals surface area contributed by atoms with Gasteiger partial charge in [-0.3, -0.25) is 28.3 Å². The Labute approximate surface area is 660 Å². The van der Waals surface area contributed by atoms with E-state index < -0.39 is 186 Å². The Morgan fingerprint density at radius 3 is 1.32 bits per heavy atom. The number of nitrogens with zero attached hydrogens (tertiary/aromatic N) is 10. The second-order valence-electron chi connectivity index (χ2n) is 30.6. The van der Waals surface area contributed by atoms with Crippen LogP contribution >= 0.6 is 23.2 Å². The quantitative estimate of drug-likeness (QED) is 0.0396. The van der Waals surface area contributed by atoms with Gasteiger partial charge in [-0.2, -0.15) is 38.0 Å². The van der Waals surface area contributed by atoms with E-state index in [0.29, 0.717) is 54.4 Å². The van der Waals surface area contributed by atoms with Crippen LogP contribution in [0.3, 0.4) is 0 Å². The Hall–Kier alpha value is -9.84. The van der Waals surface area contributed by atoms with E-state index in [4.69, 9.17) is 43.6 Å². The summed E-state index contributed by atoms with van der Waals surface area (Å²) in [4.78, 5) is 37.8. The van der Waals surface area contributed by atoms with Crippen LogP contribution in [-0.2, 0) is 92.6 Å². The monoisotopic (exact) mass is 1680 g/mol. The van der Waals surface area contributed by atoms with Gasteiger partial charge in [-0.05, 0) is 137 Å². The summed E-state index contributed by atoms with van der Waals surface area (Å²) in [6, 6.07) is 14.7. The number of methoxy groups -OCH3 is 1. The third kappa shape index (κ3) is 17.1. The van der Waals surface area contributed by atoms with Crippen molar-refractivity contribution in [3.8, 4) is 51.7 Å². The van der Waals surface area contributed by atoms with Crippen molar-refractivity contribution in [3.05, 3.63) is 185 Å². The van der Waals surface area contributed by atoms with Crippen molar-refractivity contribution in [2.45, 2.75) is 150 Å². The fourth-order valence-corrected chi connectivity index (χ4v) is 17.6. The lowest BCUT2D eigenvalue weighted by Gasteiger charge is -2.22. The number of halogens is 14. The molecule has 4 aromatic carbocycles. The van der Waals surface area contributed by atoms with Crippen molar-refractivity contribution in [2.24, 2.45) is 25.9 Å². The number of sulfone groups is 2. The fourth-order valence-electron chi connectivity index (χ4n) is 15.7. The number of carbonyl (C=O) groups is 2. The Morgan fingerprint density at radius 1 is 0.583 bits per heavy atom. The molecule has 4 aliphatic rings. The van der Waals surface area contributed by atoms with E-state index in [-0.39, 0.29) is 115 Å². The molecule has 0 aliphatic heterocycles. The van der Waals surface area contributed by atoms with Crippen LogP contribution < -0.4 is 10.5 Å². The normalized spacial score (nSPS) is 17.6. The lowest BCUT2D eigenvalue weighted by atomic mass is 9.86. The summed E-state index contributed by atoms with van der Waals surface area (Å²) in [7, 11) is -2.73. The maximum atomic E-state index is 15.5. The van der Waals surface area contributed by atoms with Gasteiger partial charge in [0.2, 0.25) is 0 Å². The number of aliphatic hydroxyl groups is 2. The van der Waals surface area contributed by atoms with Crippen molar-refractivity contribution in [3.63, 3.8) is 0 Å². The lowest BCUT2D eigenvalue weighted by molar-refractivity contribution is -0.121. The number of hydrogen-bond acceptors (Lipinski definition) is 16. The molecule has 2 saturated carbocycles. The van der Waals surface area contributed by atoms with Crippen molar-refractivity contribution in [2.75, 3.05) is 25.4 Å². The molecule has 2 fully saturated rings. The molecule has 6 atom stereocenters. The Kier molecular flexibility index (Phi) is 21.9. The van der Waals surface area contributed by atoms with Crippen molar-refractivity contribution in [1.29, 1.82) is 0 Å². The van der Waals surface area contributed by atoms with Crippen molar-refractivity contribution < 1.29 is 94.1 Å². The molecule has 36 heteroatoms. The summed E-state index contributed by atoms with van der Waals surface area (Å²) in [5.41, 5.74) is 2.48. The highest BCUT2D eigenvalue weighted by Crippen LogP contribution is 2.69. The number of ether oxygens (including phenoxy) is 1. The van der Waals surface area contributed by atoms with Gasteiger partial charge in [0.05, 0.1) is 68.2 Å². The summed E-state index contributed by atoms with van der Waals surface area (Å²) >= 11 is 13.3. The Bertz CT molecular complexity index is 6030. The molecule has 606 valence electrons. The molecule has 0 radical (unpaired) electrons. The van der Waals surface area contributed by atoms with Gasteiger partial charge < -0.3 is 20.7 Å². The number of aromatic nitrogens is 10. The largest absolute Gasteiger partial charge is 0.494 e. The number of Topliss-reactive ketones (excluding diaryl/α,β-unsaturated/α-hetero) is 2. The fraction of sp³-hybridized carbons (Fsp3) is 0.392. The summed E-state index contributed by atoms with van der Waals surface area (Å²) < 4.78 is 236. The average Bonchev–Trinajstić information content (AvgIpc) is 1.52. The number of alkyl halides is 8. The number of ketones is 2. The molecule has 6 heterocycles. The molecule has 0 amide bonds. The lowest BCUT2D eigenvalue weighted by Crippen LogP contribution is -2.24. The summed E-state index contributed by atoms with van der Waals surface area (Å²) in [5, 5.41) is 38.2. The van der Waals surface area contributed by atoms with Crippen molar-refractivity contribution >= 4 is 81.9 Å². The van der Waals surface area contributed by atoms with Gasteiger partial charge in [0, 0.05) is 119 Å². The highest BCUT2D eigenvalue weighted by molar-refractivity contribution is 7.90. The van der Waals surface area contributed by atoms with Gasteiger partial charge in [-0.25, -0.2) is 61.9 Å².